The zero-order valence-electron chi connectivity index (χ0n) is 17.3. The summed E-state index contributed by atoms with van der Waals surface area (Å²) in [4.78, 5) is 39.6. The van der Waals surface area contributed by atoms with E-state index in [-0.39, 0.29) is 36.8 Å². The molecule has 2 fully saturated rings. The summed E-state index contributed by atoms with van der Waals surface area (Å²) < 4.78 is 5.62. The van der Waals surface area contributed by atoms with Crippen molar-refractivity contribution in [2.45, 2.75) is 57.7 Å². The smallest absolute Gasteiger partial charge is 0.248 e. The molecule has 1 atom stereocenters. The largest absolute Gasteiger partial charge is 0.367 e. The van der Waals surface area contributed by atoms with E-state index in [1.54, 1.807) is 18.7 Å². The summed E-state index contributed by atoms with van der Waals surface area (Å²) in [6.07, 6.45) is 3.74. The monoisotopic (exact) mass is 401 g/mol. The Morgan fingerprint density at radius 2 is 1.93 bits per heavy atom. The van der Waals surface area contributed by atoms with Crippen molar-refractivity contribution in [3.05, 3.63) is 35.9 Å². The molecule has 7 heteroatoms. The molecule has 1 aromatic carbocycles. The molecule has 29 heavy (non-hydrogen) atoms. The molecule has 1 aliphatic heterocycles. The Morgan fingerprint density at radius 1 is 1.24 bits per heavy atom. The number of carbonyl (C=O) groups is 3. The van der Waals surface area contributed by atoms with E-state index in [0.717, 1.165) is 31.2 Å². The number of amides is 3. The summed E-state index contributed by atoms with van der Waals surface area (Å²) in [6, 6.07) is 8.94. The van der Waals surface area contributed by atoms with Crippen LogP contribution in [0.1, 0.15) is 45.1 Å². The first-order valence-electron chi connectivity index (χ1n) is 10.4. The highest BCUT2D eigenvalue weighted by atomic mass is 16.5. The molecule has 3 rings (SSSR count). The molecule has 1 unspecified atom stereocenters. The molecule has 1 aromatic rings. The minimum atomic E-state index is -0.747. The van der Waals surface area contributed by atoms with Gasteiger partial charge in [0.15, 0.2) is 0 Å². The van der Waals surface area contributed by atoms with Gasteiger partial charge in [0.25, 0.3) is 0 Å². The van der Waals surface area contributed by atoms with Crippen molar-refractivity contribution in [3.63, 3.8) is 0 Å². The van der Waals surface area contributed by atoms with Crippen molar-refractivity contribution in [3.8, 4) is 0 Å². The summed E-state index contributed by atoms with van der Waals surface area (Å²) in [5.74, 6) is -0.793. The van der Waals surface area contributed by atoms with Crippen LogP contribution in [0.3, 0.4) is 0 Å². The lowest BCUT2D eigenvalue weighted by Gasteiger charge is -2.32. The third-order valence-corrected chi connectivity index (χ3v) is 5.69. The van der Waals surface area contributed by atoms with Crippen LogP contribution in [0.25, 0.3) is 0 Å². The first kappa shape index (κ1) is 21.3. The van der Waals surface area contributed by atoms with Crippen LogP contribution in [0, 0.1) is 5.92 Å². The molecule has 1 saturated carbocycles. The van der Waals surface area contributed by atoms with Crippen LogP contribution >= 0.6 is 0 Å². The number of hydrogen-bond donors (Lipinski definition) is 2. The van der Waals surface area contributed by atoms with Crippen LogP contribution < -0.4 is 10.6 Å². The number of rotatable bonds is 6. The van der Waals surface area contributed by atoms with Gasteiger partial charge in [-0.1, -0.05) is 57.0 Å². The molecular weight excluding hydrogens is 370 g/mol. The summed E-state index contributed by atoms with van der Waals surface area (Å²) in [5, 5.41) is 5.92. The molecule has 3 amide bonds. The number of hydrogen-bond acceptors (Lipinski definition) is 4. The molecule has 1 saturated heterocycles. The molecule has 7 nitrogen and oxygen atoms in total. The fourth-order valence-corrected chi connectivity index (χ4v) is 4.02. The third kappa shape index (κ3) is 5.56. The molecule has 2 N–H and O–H groups in total. The number of ether oxygens (including phenoxy) is 1. The average Bonchev–Trinajstić information content (AvgIpc) is 3.09. The Morgan fingerprint density at radius 3 is 2.59 bits per heavy atom. The van der Waals surface area contributed by atoms with Crippen molar-refractivity contribution in [1.82, 2.24) is 15.5 Å². The molecule has 0 bridgehead atoms. The van der Waals surface area contributed by atoms with E-state index >= 15 is 0 Å². The van der Waals surface area contributed by atoms with E-state index < -0.39 is 11.6 Å². The maximum atomic E-state index is 12.9. The van der Waals surface area contributed by atoms with E-state index in [9.17, 15) is 14.4 Å². The van der Waals surface area contributed by atoms with E-state index in [2.05, 4.69) is 10.6 Å². The second-order valence-corrected chi connectivity index (χ2v) is 8.45. The molecule has 2 aliphatic rings. The first-order valence-corrected chi connectivity index (χ1v) is 10.4. The molecule has 158 valence electrons. The molecule has 1 aliphatic carbocycles. The van der Waals surface area contributed by atoms with Crippen molar-refractivity contribution < 1.29 is 19.1 Å². The van der Waals surface area contributed by atoms with Gasteiger partial charge < -0.3 is 20.3 Å². The Balaban J connectivity index is 1.67. The highest BCUT2D eigenvalue weighted by Crippen LogP contribution is 2.32. The van der Waals surface area contributed by atoms with Gasteiger partial charge in [-0.25, -0.2) is 0 Å². The Kier molecular flexibility index (Phi) is 6.90. The summed E-state index contributed by atoms with van der Waals surface area (Å²) in [6.45, 7) is 4.49. The number of carbonyl (C=O) groups excluding carboxylic acids is 3. The fraction of sp³-hybridized carbons (Fsp3) is 0.591. The van der Waals surface area contributed by atoms with E-state index in [0.29, 0.717) is 13.2 Å². The topological polar surface area (TPSA) is 87.7 Å². The minimum absolute atomic E-state index is 0.0516. The van der Waals surface area contributed by atoms with E-state index in [1.807, 2.05) is 30.3 Å². The van der Waals surface area contributed by atoms with Gasteiger partial charge in [-0.15, -0.1) is 0 Å². The van der Waals surface area contributed by atoms with Crippen LogP contribution in [-0.4, -0.2) is 53.9 Å². The Bertz CT molecular complexity index is 729. The first-order chi connectivity index (χ1) is 13.9. The molecule has 0 radical (unpaired) electrons. The van der Waals surface area contributed by atoms with Crippen molar-refractivity contribution in [2.75, 3.05) is 19.7 Å². The zero-order valence-corrected chi connectivity index (χ0v) is 17.3. The van der Waals surface area contributed by atoms with Crippen molar-refractivity contribution in [1.29, 1.82) is 0 Å². The van der Waals surface area contributed by atoms with Gasteiger partial charge in [-0.3, -0.25) is 14.4 Å². The van der Waals surface area contributed by atoms with Crippen LogP contribution in [0.5, 0.6) is 0 Å². The zero-order chi connectivity index (χ0) is 20.9. The highest BCUT2D eigenvalue weighted by molar-refractivity contribution is 5.90. The quantitative estimate of drug-likeness (QED) is 0.758. The van der Waals surface area contributed by atoms with Crippen LogP contribution in [0.2, 0.25) is 0 Å². The van der Waals surface area contributed by atoms with Crippen LogP contribution in [0.15, 0.2) is 30.3 Å². The second kappa shape index (κ2) is 9.39. The summed E-state index contributed by atoms with van der Waals surface area (Å²) in [7, 11) is 0. The summed E-state index contributed by atoms with van der Waals surface area (Å²) in [5.41, 5.74) is 0.603. The lowest BCUT2D eigenvalue weighted by molar-refractivity contribution is -0.138. The van der Waals surface area contributed by atoms with Gasteiger partial charge in [0, 0.05) is 12.5 Å². The summed E-state index contributed by atoms with van der Waals surface area (Å²) >= 11 is 0. The van der Waals surface area contributed by atoms with Crippen molar-refractivity contribution in [2.24, 2.45) is 5.92 Å². The van der Waals surface area contributed by atoms with Crippen molar-refractivity contribution >= 4 is 17.7 Å². The van der Waals surface area contributed by atoms with E-state index in [4.69, 9.17) is 4.74 Å². The van der Waals surface area contributed by atoms with Gasteiger partial charge in [0.05, 0.1) is 18.7 Å². The predicted octanol–water partition coefficient (Wildman–Crippen LogP) is 1.62. The number of benzene rings is 1. The average molecular weight is 402 g/mol. The van der Waals surface area contributed by atoms with E-state index in [1.165, 1.54) is 0 Å². The van der Waals surface area contributed by atoms with Gasteiger partial charge in [0.2, 0.25) is 17.7 Å². The lowest BCUT2D eigenvalue weighted by atomic mass is 9.97. The molecule has 1 spiro atoms. The Labute approximate surface area is 172 Å². The third-order valence-electron chi connectivity index (χ3n) is 5.69. The standard InChI is InChI=1S/C22H31N3O4/c1-16(2)20(27)23-18-12-25(15-22(24-21(18)28)10-6-7-11-22)19(26)14-29-13-17-8-4-3-5-9-17/h3-5,8-9,16,18H,6-7,10-15H2,1-2H3,(H,23,27)(H,24,28). The molecular formula is C22H31N3O4. The molecule has 0 aromatic heterocycles. The lowest BCUT2D eigenvalue weighted by Crippen LogP contribution is -2.54. The fourth-order valence-electron chi connectivity index (χ4n) is 4.02. The van der Waals surface area contributed by atoms with Gasteiger partial charge >= 0.3 is 0 Å². The van der Waals surface area contributed by atoms with Gasteiger partial charge in [-0.05, 0) is 18.4 Å². The maximum Gasteiger partial charge on any atom is 0.248 e. The minimum Gasteiger partial charge on any atom is -0.367 e. The van der Waals surface area contributed by atoms with Crippen LogP contribution in [-0.2, 0) is 25.7 Å². The number of nitrogens with zero attached hydrogens (tertiary/aromatic N) is 1. The second-order valence-electron chi connectivity index (χ2n) is 8.45. The number of nitrogens with one attached hydrogen (secondary N) is 2. The highest BCUT2D eigenvalue weighted by Gasteiger charge is 2.43. The Hall–Kier alpha value is -2.41. The SMILES string of the molecule is CC(C)C(=O)NC1CN(C(=O)COCc2ccccc2)CC2(CCCC2)NC1=O. The maximum absolute atomic E-state index is 12.9. The van der Waals surface area contributed by atoms with Gasteiger partial charge in [0.1, 0.15) is 12.6 Å². The van der Waals surface area contributed by atoms with Crippen LogP contribution in [0.4, 0.5) is 0 Å². The predicted molar refractivity (Wildman–Crippen MR) is 109 cm³/mol. The normalized spacial score (nSPS) is 21.1. The molecule has 1 heterocycles. The van der Waals surface area contributed by atoms with Gasteiger partial charge in [-0.2, -0.15) is 0 Å².